The molecule has 22 heavy (non-hydrogen) atoms. The lowest BCUT2D eigenvalue weighted by Gasteiger charge is -2.28. The van der Waals surface area contributed by atoms with Crippen LogP contribution in [0.3, 0.4) is 0 Å². The van der Waals surface area contributed by atoms with Gasteiger partial charge in [0.1, 0.15) is 5.75 Å². The summed E-state index contributed by atoms with van der Waals surface area (Å²) in [5, 5.41) is 14.2. The van der Waals surface area contributed by atoms with E-state index in [9.17, 15) is 9.59 Å². The summed E-state index contributed by atoms with van der Waals surface area (Å²) in [4.78, 5) is 22.9. The van der Waals surface area contributed by atoms with Crippen LogP contribution in [0, 0.1) is 5.92 Å². The molecule has 0 unspecified atom stereocenters. The summed E-state index contributed by atoms with van der Waals surface area (Å²) in [6.07, 6.45) is 2.02. The van der Waals surface area contributed by atoms with Crippen molar-refractivity contribution in [3.05, 3.63) is 29.8 Å². The lowest BCUT2D eigenvalue weighted by atomic mass is 9.85. The van der Waals surface area contributed by atoms with Gasteiger partial charge in [-0.15, -0.1) is 0 Å². The van der Waals surface area contributed by atoms with Crippen molar-refractivity contribution in [1.82, 2.24) is 10.6 Å². The number of carboxylic acid groups (broad SMARTS) is 1. The standard InChI is InChI=1S/C16H22N2O4/c1-22-14-7-5-11(6-8-14)10-17-15(19)12-3-2-4-13(9-12)18-16(20)21/h5-8,12-13,18H,2-4,9-10H2,1H3,(H,17,19)(H,20,21)/t12-,13+/m0/s1. The molecule has 1 aliphatic carbocycles. The number of carbonyl (C=O) groups excluding carboxylic acids is 1. The van der Waals surface area contributed by atoms with Crippen molar-refractivity contribution >= 4 is 12.0 Å². The van der Waals surface area contributed by atoms with E-state index in [1.165, 1.54) is 0 Å². The first-order valence-electron chi connectivity index (χ1n) is 7.48. The number of methoxy groups -OCH3 is 1. The third-order valence-corrected chi connectivity index (χ3v) is 4.00. The Balaban J connectivity index is 1.81. The lowest BCUT2D eigenvalue weighted by molar-refractivity contribution is -0.126. The van der Waals surface area contributed by atoms with Crippen LogP contribution in [0.15, 0.2) is 24.3 Å². The molecule has 0 radical (unpaired) electrons. The maximum Gasteiger partial charge on any atom is 0.404 e. The summed E-state index contributed by atoms with van der Waals surface area (Å²) < 4.78 is 5.09. The summed E-state index contributed by atoms with van der Waals surface area (Å²) in [6.45, 7) is 0.469. The van der Waals surface area contributed by atoms with E-state index in [2.05, 4.69) is 10.6 Å². The van der Waals surface area contributed by atoms with Crippen LogP contribution in [0.25, 0.3) is 0 Å². The first-order chi connectivity index (χ1) is 10.6. The Morgan fingerprint density at radius 3 is 2.64 bits per heavy atom. The molecular weight excluding hydrogens is 284 g/mol. The predicted molar refractivity (Wildman–Crippen MR) is 81.7 cm³/mol. The molecule has 120 valence electrons. The molecule has 1 fully saturated rings. The minimum atomic E-state index is -1.02. The lowest BCUT2D eigenvalue weighted by Crippen LogP contribution is -2.41. The van der Waals surface area contributed by atoms with Crippen LogP contribution in [0.2, 0.25) is 0 Å². The molecule has 0 spiro atoms. The maximum absolute atomic E-state index is 12.2. The molecule has 2 rings (SSSR count). The highest BCUT2D eigenvalue weighted by Crippen LogP contribution is 2.24. The van der Waals surface area contributed by atoms with E-state index in [1.807, 2.05) is 24.3 Å². The Labute approximate surface area is 129 Å². The Morgan fingerprint density at radius 1 is 1.27 bits per heavy atom. The molecule has 0 bridgehead atoms. The van der Waals surface area contributed by atoms with Gasteiger partial charge in [0.2, 0.25) is 5.91 Å². The Hall–Kier alpha value is -2.24. The third-order valence-electron chi connectivity index (χ3n) is 4.00. The molecule has 0 heterocycles. The molecular formula is C16H22N2O4. The number of hydrogen-bond donors (Lipinski definition) is 3. The van der Waals surface area contributed by atoms with Gasteiger partial charge in [-0.1, -0.05) is 18.6 Å². The number of carbonyl (C=O) groups is 2. The van der Waals surface area contributed by atoms with Gasteiger partial charge < -0.3 is 20.5 Å². The second-order valence-corrected chi connectivity index (χ2v) is 5.58. The van der Waals surface area contributed by atoms with E-state index >= 15 is 0 Å². The second-order valence-electron chi connectivity index (χ2n) is 5.58. The number of nitrogens with one attached hydrogen (secondary N) is 2. The van der Waals surface area contributed by atoms with Crippen LogP contribution >= 0.6 is 0 Å². The van der Waals surface area contributed by atoms with Gasteiger partial charge >= 0.3 is 6.09 Å². The van der Waals surface area contributed by atoms with E-state index in [4.69, 9.17) is 9.84 Å². The normalized spacial score (nSPS) is 21.0. The highest BCUT2D eigenvalue weighted by atomic mass is 16.5. The highest BCUT2D eigenvalue weighted by molar-refractivity contribution is 5.78. The van der Waals surface area contributed by atoms with Gasteiger partial charge in [0.05, 0.1) is 7.11 Å². The topological polar surface area (TPSA) is 87.7 Å². The Kier molecular flexibility index (Phi) is 5.63. The molecule has 1 saturated carbocycles. The summed E-state index contributed by atoms with van der Waals surface area (Å²) in [7, 11) is 1.61. The van der Waals surface area contributed by atoms with Crippen molar-refractivity contribution in [2.45, 2.75) is 38.3 Å². The van der Waals surface area contributed by atoms with Crippen molar-refractivity contribution in [2.75, 3.05) is 7.11 Å². The van der Waals surface area contributed by atoms with Crippen LogP contribution in [0.1, 0.15) is 31.2 Å². The summed E-state index contributed by atoms with van der Waals surface area (Å²) in [6, 6.07) is 7.41. The van der Waals surface area contributed by atoms with Crippen molar-refractivity contribution < 1.29 is 19.4 Å². The maximum atomic E-state index is 12.2. The first kappa shape index (κ1) is 16.1. The Bertz CT molecular complexity index is 515. The van der Waals surface area contributed by atoms with Gasteiger partial charge in [0, 0.05) is 18.5 Å². The zero-order valence-corrected chi connectivity index (χ0v) is 12.7. The summed E-state index contributed by atoms with van der Waals surface area (Å²) in [5.41, 5.74) is 1.00. The molecule has 6 nitrogen and oxygen atoms in total. The molecule has 1 aliphatic rings. The first-order valence-corrected chi connectivity index (χ1v) is 7.48. The number of hydrogen-bond acceptors (Lipinski definition) is 3. The van der Waals surface area contributed by atoms with Gasteiger partial charge in [-0.3, -0.25) is 4.79 Å². The number of rotatable bonds is 5. The highest BCUT2D eigenvalue weighted by Gasteiger charge is 2.27. The largest absolute Gasteiger partial charge is 0.497 e. The van der Waals surface area contributed by atoms with Crippen LogP contribution in [-0.4, -0.2) is 30.3 Å². The van der Waals surface area contributed by atoms with E-state index in [-0.39, 0.29) is 17.9 Å². The van der Waals surface area contributed by atoms with Gasteiger partial charge in [-0.25, -0.2) is 4.79 Å². The van der Waals surface area contributed by atoms with Crippen LogP contribution in [-0.2, 0) is 11.3 Å². The fourth-order valence-corrected chi connectivity index (χ4v) is 2.81. The summed E-state index contributed by atoms with van der Waals surface area (Å²) in [5.74, 6) is 0.654. The average Bonchev–Trinajstić information content (AvgIpc) is 2.52. The van der Waals surface area contributed by atoms with Crippen molar-refractivity contribution in [3.63, 3.8) is 0 Å². The molecule has 0 saturated heterocycles. The van der Waals surface area contributed by atoms with Gasteiger partial charge in [0.25, 0.3) is 0 Å². The average molecular weight is 306 g/mol. The van der Waals surface area contributed by atoms with Gasteiger partial charge in [-0.2, -0.15) is 0 Å². The van der Waals surface area contributed by atoms with Crippen molar-refractivity contribution in [3.8, 4) is 5.75 Å². The van der Waals surface area contributed by atoms with Crippen LogP contribution < -0.4 is 15.4 Å². The quantitative estimate of drug-likeness (QED) is 0.777. The van der Waals surface area contributed by atoms with Crippen LogP contribution in [0.5, 0.6) is 5.75 Å². The third kappa shape index (κ3) is 4.65. The zero-order chi connectivity index (χ0) is 15.9. The van der Waals surface area contributed by atoms with E-state index in [0.29, 0.717) is 13.0 Å². The van der Waals surface area contributed by atoms with Crippen LogP contribution in [0.4, 0.5) is 4.79 Å². The molecule has 1 aromatic rings. The Morgan fingerprint density at radius 2 is 2.00 bits per heavy atom. The number of amides is 2. The summed E-state index contributed by atoms with van der Waals surface area (Å²) >= 11 is 0. The molecule has 6 heteroatoms. The van der Waals surface area contributed by atoms with Gasteiger partial charge in [-0.05, 0) is 37.0 Å². The molecule has 2 amide bonds. The van der Waals surface area contributed by atoms with E-state index in [1.54, 1.807) is 7.11 Å². The number of ether oxygens (including phenoxy) is 1. The minimum absolute atomic E-state index is 0.00675. The smallest absolute Gasteiger partial charge is 0.404 e. The van der Waals surface area contributed by atoms with E-state index < -0.39 is 6.09 Å². The van der Waals surface area contributed by atoms with Gasteiger partial charge in [0.15, 0.2) is 0 Å². The fraction of sp³-hybridized carbons (Fsp3) is 0.500. The monoisotopic (exact) mass is 306 g/mol. The minimum Gasteiger partial charge on any atom is -0.497 e. The number of benzene rings is 1. The molecule has 0 aromatic heterocycles. The second kappa shape index (κ2) is 7.68. The molecule has 0 aliphatic heterocycles. The van der Waals surface area contributed by atoms with Crippen molar-refractivity contribution in [1.29, 1.82) is 0 Å². The van der Waals surface area contributed by atoms with Crippen molar-refractivity contribution in [2.24, 2.45) is 5.92 Å². The SMILES string of the molecule is COc1ccc(CNC(=O)[C@H]2CCC[C@@H](NC(=O)O)C2)cc1. The predicted octanol–water partition coefficient (Wildman–Crippen LogP) is 2.14. The zero-order valence-electron chi connectivity index (χ0n) is 12.7. The molecule has 3 N–H and O–H groups in total. The van der Waals surface area contributed by atoms with E-state index in [0.717, 1.165) is 30.6 Å². The fourth-order valence-electron chi connectivity index (χ4n) is 2.81. The molecule has 2 atom stereocenters. The molecule has 1 aromatic carbocycles.